The molecule has 0 radical (unpaired) electrons. The van der Waals surface area contributed by atoms with E-state index in [0.29, 0.717) is 0 Å². The van der Waals surface area contributed by atoms with Crippen LogP contribution in [0.1, 0.15) is 25.0 Å². The van der Waals surface area contributed by atoms with E-state index in [-0.39, 0.29) is 5.41 Å². The molecule has 0 N–H and O–H groups in total. The topological polar surface area (TPSA) is 4.93 Å². The number of nitrogens with zero attached hydrogens (tertiary/aromatic N) is 1. The van der Waals surface area contributed by atoms with Crippen LogP contribution >= 0.6 is 0 Å². The molecule has 0 atom stereocenters. The number of hydrogen-bond acceptors (Lipinski definition) is 0. The van der Waals surface area contributed by atoms with E-state index < -0.39 is 0 Å². The summed E-state index contributed by atoms with van der Waals surface area (Å²) in [6.07, 6.45) is 0. The number of fused-ring (bicyclic) bond motifs is 11. The highest BCUT2D eigenvalue weighted by Crippen LogP contribution is 2.49. The molecule has 216 valence electrons. The van der Waals surface area contributed by atoms with Crippen molar-refractivity contribution >= 4 is 54.1 Å². The minimum absolute atomic E-state index is 0.0154. The standard InChI is InChI=1S/C45H31N/c1-45(2)41-12-6-3-9-35(41)36-24-20-31(26-42(36)45)30-16-15-28-18-23-34-33(39(28)25-30)22-19-29-17-21-32(27-40(29)34)46-43-13-7-4-10-37(43)38-11-5-8-14-44(38)46/h3-27H,1-2H3. The molecule has 0 spiro atoms. The molecule has 0 bridgehead atoms. The Morgan fingerprint density at radius 1 is 0.391 bits per heavy atom. The molecule has 46 heavy (non-hydrogen) atoms. The molecule has 1 heterocycles. The fourth-order valence-electron chi connectivity index (χ4n) is 8.26. The van der Waals surface area contributed by atoms with Gasteiger partial charge in [0.2, 0.25) is 0 Å². The second-order valence-corrected chi connectivity index (χ2v) is 13.4. The van der Waals surface area contributed by atoms with Crippen LogP contribution in [0.2, 0.25) is 0 Å². The van der Waals surface area contributed by atoms with Crippen LogP contribution in [0.15, 0.2) is 152 Å². The van der Waals surface area contributed by atoms with Crippen molar-refractivity contribution < 1.29 is 0 Å². The zero-order valence-corrected chi connectivity index (χ0v) is 25.9. The summed E-state index contributed by atoms with van der Waals surface area (Å²) < 4.78 is 2.41. The van der Waals surface area contributed by atoms with Gasteiger partial charge in [-0.15, -0.1) is 0 Å². The van der Waals surface area contributed by atoms with Crippen LogP contribution in [0.25, 0.3) is 82.1 Å². The van der Waals surface area contributed by atoms with Crippen molar-refractivity contribution in [1.82, 2.24) is 4.57 Å². The van der Waals surface area contributed by atoms with Gasteiger partial charge < -0.3 is 4.57 Å². The largest absolute Gasteiger partial charge is 0.309 e. The van der Waals surface area contributed by atoms with E-state index >= 15 is 0 Å². The predicted octanol–water partition coefficient (Wildman–Crippen LogP) is 12.2. The molecule has 0 amide bonds. The molecule has 10 rings (SSSR count). The number of benzene rings is 8. The number of hydrogen-bond donors (Lipinski definition) is 0. The van der Waals surface area contributed by atoms with Gasteiger partial charge in [0.05, 0.1) is 11.0 Å². The lowest BCUT2D eigenvalue weighted by Crippen LogP contribution is -2.14. The van der Waals surface area contributed by atoms with Gasteiger partial charge in [-0.1, -0.05) is 129 Å². The van der Waals surface area contributed by atoms with E-state index in [9.17, 15) is 0 Å². The van der Waals surface area contributed by atoms with Crippen LogP contribution in [0.3, 0.4) is 0 Å². The zero-order chi connectivity index (χ0) is 30.6. The van der Waals surface area contributed by atoms with Crippen molar-refractivity contribution in [3.8, 4) is 27.9 Å². The van der Waals surface area contributed by atoms with E-state index in [1.807, 2.05) is 0 Å². The van der Waals surface area contributed by atoms with Crippen molar-refractivity contribution in [2.45, 2.75) is 19.3 Å². The third-order valence-electron chi connectivity index (χ3n) is 10.6. The molecule has 1 aliphatic rings. The number of para-hydroxylation sites is 2. The molecule has 0 saturated carbocycles. The Balaban J connectivity index is 1.16. The predicted molar refractivity (Wildman–Crippen MR) is 196 cm³/mol. The number of aromatic nitrogens is 1. The van der Waals surface area contributed by atoms with Crippen LogP contribution in [0.5, 0.6) is 0 Å². The van der Waals surface area contributed by atoms with Crippen molar-refractivity contribution in [3.05, 3.63) is 163 Å². The van der Waals surface area contributed by atoms with Gasteiger partial charge in [0.25, 0.3) is 0 Å². The van der Waals surface area contributed by atoms with Gasteiger partial charge >= 0.3 is 0 Å². The van der Waals surface area contributed by atoms with Gasteiger partial charge in [-0.25, -0.2) is 0 Å². The van der Waals surface area contributed by atoms with Crippen molar-refractivity contribution in [2.75, 3.05) is 0 Å². The van der Waals surface area contributed by atoms with Crippen molar-refractivity contribution in [2.24, 2.45) is 0 Å². The lowest BCUT2D eigenvalue weighted by molar-refractivity contribution is 0.660. The van der Waals surface area contributed by atoms with Gasteiger partial charge in [-0.05, 0) is 102 Å². The second-order valence-electron chi connectivity index (χ2n) is 13.4. The third-order valence-corrected chi connectivity index (χ3v) is 10.6. The summed E-state index contributed by atoms with van der Waals surface area (Å²) in [7, 11) is 0. The molecule has 8 aromatic carbocycles. The second kappa shape index (κ2) is 9.19. The molecule has 9 aromatic rings. The minimum Gasteiger partial charge on any atom is -0.309 e. The Bertz CT molecular complexity index is 2670. The molecule has 0 aliphatic heterocycles. The van der Waals surface area contributed by atoms with Crippen molar-refractivity contribution in [1.29, 1.82) is 0 Å². The van der Waals surface area contributed by atoms with E-state index in [4.69, 9.17) is 0 Å². The lowest BCUT2D eigenvalue weighted by atomic mass is 9.81. The first kappa shape index (κ1) is 25.6. The fourth-order valence-corrected chi connectivity index (χ4v) is 8.26. The minimum atomic E-state index is -0.0154. The summed E-state index contributed by atoms with van der Waals surface area (Å²) >= 11 is 0. The van der Waals surface area contributed by atoms with Gasteiger partial charge in [0.1, 0.15) is 0 Å². The Hall–Kier alpha value is -5.66. The first-order chi connectivity index (χ1) is 22.6. The van der Waals surface area contributed by atoms with Gasteiger partial charge in [0.15, 0.2) is 0 Å². The highest BCUT2D eigenvalue weighted by atomic mass is 15.0. The van der Waals surface area contributed by atoms with E-state index in [2.05, 4.69) is 170 Å². The Kier molecular flexibility index (Phi) is 5.12. The maximum atomic E-state index is 2.43. The number of rotatable bonds is 2. The van der Waals surface area contributed by atoms with E-state index in [1.54, 1.807) is 0 Å². The van der Waals surface area contributed by atoms with E-state index in [1.165, 1.54) is 93.2 Å². The highest BCUT2D eigenvalue weighted by Gasteiger charge is 2.35. The third kappa shape index (κ3) is 3.46. The monoisotopic (exact) mass is 585 g/mol. The fraction of sp³-hybridized carbons (Fsp3) is 0.0667. The quantitative estimate of drug-likeness (QED) is 0.178. The summed E-state index contributed by atoms with van der Waals surface area (Å²) in [5.74, 6) is 0. The lowest BCUT2D eigenvalue weighted by Gasteiger charge is -2.22. The first-order valence-corrected chi connectivity index (χ1v) is 16.2. The molecule has 0 saturated heterocycles. The molecule has 0 fully saturated rings. The first-order valence-electron chi connectivity index (χ1n) is 16.2. The molecule has 1 heteroatoms. The summed E-state index contributed by atoms with van der Waals surface area (Å²) in [6, 6.07) is 56.5. The molecular weight excluding hydrogens is 555 g/mol. The molecular formula is C45H31N. The summed E-state index contributed by atoms with van der Waals surface area (Å²) in [6.45, 7) is 4.71. The normalized spacial score (nSPS) is 13.6. The van der Waals surface area contributed by atoms with Crippen molar-refractivity contribution in [3.63, 3.8) is 0 Å². The summed E-state index contributed by atoms with van der Waals surface area (Å²) in [5.41, 5.74) is 11.7. The zero-order valence-electron chi connectivity index (χ0n) is 25.9. The SMILES string of the molecule is CC1(C)c2ccccc2-c2ccc(-c3ccc4ccc5c6cc(-n7c8ccccc8c8ccccc87)ccc6ccc5c4c3)cc21. The average Bonchev–Trinajstić information content (AvgIpc) is 3.56. The van der Waals surface area contributed by atoms with Gasteiger partial charge in [-0.3, -0.25) is 0 Å². The Morgan fingerprint density at radius 3 is 1.67 bits per heavy atom. The summed E-state index contributed by atoms with van der Waals surface area (Å²) in [4.78, 5) is 0. The summed E-state index contributed by atoms with van der Waals surface area (Å²) in [5, 5.41) is 10.2. The van der Waals surface area contributed by atoms with Crippen LogP contribution in [-0.4, -0.2) is 4.57 Å². The average molecular weight is 586 g/mol. The maximum Gasteiger partial charge on any atom is 0.0541 e. The maximum absolute atomic E-state index is 2.43. The molecule has 1 nitrogen and oxygen atoms in total. The van der Waals surface area contributed by atoms with Crippen LogP contribution in [0.4, 0.5) is 0 Å². The van der Waals surface area contributed by atoms with Gasteiger partial charge in [-0.2, -0.15) is 0 Å². The van der Waals surface area contributed by atoms with E-state index in [0.717, 1.165) is 0 Å². The molecule has 0 unspecified atom stereocenters. The van der Waals surface area contributed by atoms with Crippen LogP contribution < -0.4 is 0 Å². The van der Waals surface area contributed by atoms with Crippen LogP contribution in [-0.2, 0) is 5.41 Å². The highest BCUT2D eigenvalue weighted by molar-refractivity contribution is 6.18. The van der Waals surface area contributed by atoms with Crippen LogP contribution in [0, 0.1) is 0 Å². The smallest absolute Gasteiger partial charge is 0.0541 e. The molecule has 1 aliphatic carbocycles. The van der Waals surface area contributed by atoms with Gasteiger partial charge in [0, 0.05) is 21.9 Å². The Morgan fingerprint density at radius 2 is 0.935 bits per heavy atom. The Labute approximate surface area is 268 Å². The molecule has 1 aromatic heterocycles.